The zero-order valence-corrected chi connectivity index (χ0v) is 22.5. The topological polar surface area (TPSA) is 72.3 Å². The highest BCUT2D eigenvalue weighted by Gasteiger charge is 2.53. The van der Waals surface area contributed by atoms with Crippen LogP contribution in [-0.2, 0) is 20.0 Å². The van der Waals surface area contributed by atoms with Crippen LogP contribution in [0.4, 0.5) is 0 Å². The van der Waals surface area contributed by atoms with Gasteiger partial charge in [-0.05, 0) is 80.9 Å². The summed E-state index contributed by atoms with van der Waals surface area (Å²) in [6.07, 6.45) is 12.1. The minimum Gasteiger partial charge on any atom is -0.289 e. The van der Waals surface area contributed by atoms with E-state index in [4.69, 9.17) is 17.3 Å². The molecule has 1 atom stereocenters. The standard InChI is InChI=1S/C27H29N3O3S3/c31-25-23(35-26(34)30(25)22-6-7-36(32,33)16-22)11-20-15-29(21-4-2-1-3-5-21)28-24(20)27-12-17-8-18(13-27)10-19(9-17)14-27/h1-5,11,15,17-19,22H,6-10,12-14,16H2. The van der Waals surface area contributed by atoms with Crippen molar-refractivity contribution in [3.05, 3.63) is 52.7 Å². The van der Waals surface area contributed by atoms with Gasteiger partial charge in [0.1, 0.15) is 4.32 Å². The van der Waals surface area contributed by atoms with Gasteiger partial charge in [0.05, 0.1) is 33.8 Å². The largest absolute Gasteiger partial charge is 0.289 e. The molecule has 6 nitrogen and oxygen atoms in total. The molecule has 2 saturated heterocycles. The summed E-state index contributed by atoms with van der Waals surface area (Å²) in [5.41, 5.74) is 3.21. The fraction of sp³-hybridized carbons (Fsp3) is 0.519. The SMILES string of the molecule is O=C1C(=Cc2cn(-c3ccccc3)nc2C23CC4CC(CC(C4)C2)C3)SC(=S)N1C1CCS(=O)(=O)C1. The Bertz CT molecular complexity index is 1360. The van der Waals surface area contributed by atoms with Gasteiger partial charge in [-0.1, -0.05) is 42.2 Å². The van der Waals surface area contributed by atoms with Crippen molar-refractivity contribution in [1.29, 1.82) is 0 Å². The zero-order chi connectivity index (χ0) is 24.7. The number of carbonyl (C=O) groups excluding carboxylic acids is 1. The number of sulfone groups is 1. The van der Waals surface area contributed by atoms with Crippen LogP contribution in [0.3, 0.4) is 0 Å². The molecule has 1 amide bonds. The Morgan fingerprint density at radius 3 is 2.33 bits per heavy atom. The maximum Gasteiger partial charge on any atom is 0.266 e. The smallest absolute Gasteiger partial charge is 0.266 e. The Labute approximate surface area is 221 Å². The lowest BCUT2D eigenvalue weighted by Gasteiger charge is -2.56. The summed E-state index contributed by atoms with van der Waals surface area (Å²) in [6.45, 7) is 0. The van der Waals surface area contributed by atoms with E-state index in [1.54, 1.807) is 4.90 Å². The molecular formula is C27H29N3O3S3. The van der Waals surface area contributed by atoms with E-state index in [9.17, 15) is 13.2 Å². The molecule has 188 valence electrons. The molecule has 0 N–H and O–H groups in total. The second kappa shape index (κ2) is 8.27. The molecule has 6 fully saturated rings. The van der Waals surface area contributed by atoms with E-state index in [-0.39, 0.29) is 28.9 Å². The molecule has 4 aliphatic carbocycles. The number of nitrogens with zero attached hydrogens (tertiary/aromatic N) is 3. The third kappa shape index (κ3) is 3.80. The molecule has 0 spiro atoms. The molecule has 4 saturated carbocycles. The monoisotopic (exact) mass is 539 g/mol. The highest BCUT2D eigenvalue weighted by atomic mass is 32.2. The quantitative estimate of drug-likeness (QED) is 0.413. The summed E-state index contributed by atoms with van der Waals surface area (Å²) in [6, 6.07) is 9.79. The van der Waals surface area contributed by atoms with Crippen molar-refractivity contribution >= 4 is 50.1 Å². The van der Waals surface area contributed by atoms with Gasteiger partial charge < -0.3 is 0 Å². The van der Waals surface area contributed by atoms with Crippen LogP contribution >= 0.6 is 24.0 Å². The van der Waals surface area contributed by atoms with E-state index in [0.29, 0.717) is 15.6 Å². The molecule has 1 aromatic carbocycles. The minimum atomic E-state index is -3.11. The van der Waals surface area contributed by atoms with Crippen molar-refractivity contribution in [2.24, 2.45) is 17.8 Å². The second-order valence-corrected chi connectivity index (χ2v) is 15.4. The Morgan fingerprint density at radius 1 is 1.06 bits per heavy atom. The molecular weight excluding hydrogens is 511 g/mol. The van der Waals surface area contributed by atoms with Gasteiger partial charge in [-0.3, -0.25) is 9.69 Å². The first-order valence-electron chi connectivity index (χ1n) is 12.9. The number of aromatic nitrogens is 2. The normalized spacial score (nSPS) is 35.9. The van der Waals surface area contributed by atoms with Crippen LogP contribution in [0.25, 0.3) is 11.8 Å². The van der Waals surface area contributed by atoms with Gasteiger partial charge in [0.2, 0.25) is 0 Å². The Morgan fingerprint density at radius 2 is 1.72 bits per heavy atom. The molecule has 1 aromatic heterocycles. The van der Waals surface area contributed by atoms with Crippen molar-refractivity contribution in [2.75, 3.05) is 11.5 Å². The summed E-state index contributed by atoms with van der Waals surface area (Å²) in [5, 5.41) is 5.20. The van der Waals surface area contributed by atoms with Gasteiger partial charge in [0.15, 0.2) is 9.84 Å². The number of amides is 1. The number of thiocarbonyl (C=S) groups is 1. The van der Waals surface area contributed by atoms with Crippen molar-refractivity contribution in [2.45, 2.75) is 56.4 Å². The number of thioether (sulfide) groups is 1. The Kier molecular flexibility index (Phi) is 5.32. The van der Waals surface area contributed by atoms with Crippen LogP contribution in [-0.4, -0.2) is 50.9 Å². The summed E-state index contributed by atoms with van der Waals surface area (Å²) < 4.78 is 26.5. The first-order chi connectivity index (χ1) is 17.3. The number of hydrogen-bond acceptors (Lipinski definition) is 6. The van der Waals surface area contributed by atoms with Crippen LogP contribution < -0.4 is 0 Å². The summed E-state index contributed by atoms with van der Waals surface area (Å²) >= 11 is 6.86. The van der Waals surface area contributed by atoms with Crippen LogP contribution in [0.1, 0.15) is 56.2 Å². The predicted molar refractivity (Wildman–Crippen MR) is 145 cm³/mol. The van der Waals surface area contributed by atoms with Gasteiger partial charge in [-0.2, -0.15) is 5.10 Å². The first-order valence-corrected chi connectivity index (χ1v) is 16.0. The molecule has 3 heterocycles. The number of benzene rings is 1. The van der Waals surface area contributed by atoms with E-state index < -0.39 is 9.84 Å². The lowest BCUT2D eigenvalue weighted by molar-refractivity contribution is -0.123. The van der Waals surface area contributed by atoms with E-state index in [1.807, 2.05) is 29.0 Å². The number of hydrogen-bond donors (Lipinski definition) is 0. The van der Waals surface area contributed by atoms with Crippen LogP contribution in [0.2, 0.25) is 0 Å². The second-order valence-electron chi connectivity index (χ2n) is 11.5. The van der Waals surface area contributed by atoms with E-state index in [1.165, 1.54) is 50.3 Å². The van der Waals surface area contributed by atoms with Crippen LogP contribution in [0.15, 0.2) is 41.4 Å². The maximum atomic E-state index is 13.5. The molecule has 6 aliphatic rings. The molecule has 8 rings (SSSR count). The van der Waals surface area contributed by atoms with Crippen LogP contribution in [0.5, 0.6) is 0 Å². The lowest BCUT2D eigenvalue weighted by atomic mass is 9.48. The van der Waals surface area contributed by atoms with Gasteiger partial charge in [0, 0.05) is 17.2 Å². The average molecular weight is 540 g/mol. The highest BCUT2D eigenvalue weighted by Crippen LogP contribution is 2.61. The fourth-order valence-electron chi connectivity index (χ4n) is 7.93. The van der Waals surface area contributed by atoms with Crippen molar-refractivity contribution < 1.29 is 13.2 Å². The summed E-state index contributed by atoms with van der Waals surface area (Å²) in [7, 11) is -3.11. The van der Waals surface area contributed by atoms with E-state index in [2.05, 4.69) is 18.3 Å². The van der Waals surface area contributed by atoms with Gasteiger partial charge in [0.25, 0.3) is 5.91 Å². The van der Waals surface area contributed by atoms with Crippen molar-refractivity contribution in [3.8, 4) is 5.69 Å². The van der Waals surface area contributed by atoms with Crippen molar-refractivity contribution in [3.63, 3.8) is 0 Å². The highest BCUT2D eigenvalue weighted by molar-refractivity contribution is 8.26. The molecule has 36 heavy (non-hydrogen) atoms. The molecule has 2 aliphatic heterocycles. The summed E-state index contributed by atoms with van der Waals surface area (Å²) in [4.78, 5) is 15.6. The van der Waals surface area contributed by atoms with E-state index >= 15 is 0 Å². The summed E-state index contributed by atoms with van der Waals surface area (Å²) in [5.74, 6) is 2.30. The predicted octanol–water partition coefficient (Wildman–Crippen LogP) is 4.73. The van der Waals surface area contributed by atoms with Gasteiger partial charge in [-0.15, -0.1) is 0 Å². The first kappa shape index (κ1) is 23.2. The van der Waals surface area contributed by atoms with Gasteiger partial charge >= 0.3 is 0 Å². The molecule has 0 radical (unpaired) electrons. The fourth-order valence-corrected chi connectivity index (χ4v) is 11.0. The molecule has 4 bridgehead atoms. The van der Waals surface area contributed by atoms with E-state index in [0.717, 1.165) is 34.7 Å². The minimum absolute atomic E-state index is 0.00279. The Balaban J connectivity index is 1.29. The lowest BCUT2D eigenvalue weighted by Crippen LogP contribution is -2.49. The number of para-hydroxylation sites is 1. The van der Waals surface area contributed by atoms with Crippen molar-refractivity contribution in [1.82, 2.24) is 14.7 Å². The zero-order valence-electron chi connectivity index (χ0n) is 20.0. The van der Waals surface area contributed by atoms with Gasteiger partial charge in [-0.25, -0.2) is 13.1 Å². The molecule has 1 unspecified atom stereocenters. The third-order valence-corrected chi connectivity index (χ3v) is 12.1. The van der Waals surface area contributed by atoms with Crippen LogP contribution in [0, 0.1) is 17.8 Å². The average Bonchev–Trinajstić information content (AvgIpc) is 3.49. The number of carbonyl (C=O) groups is 1. The molecule has 9 heteroatoms. The maximum absolute atomic E-state index is 13.5. The molecule has 2 aromatic rings. The Hall–Kier alpha value is -1.97. The number of rotatable bonds is 4. The third-order valence-electron chi connectivity index (χ3n) is 8.99.